The van der Waals surface area contributed by atoms with Crippen LogP contribution in [0.2, 0.25) is 0 Å². The Morgan fingerprint density at radius 1 is 1.22 bits per heavy atom. The van der Waals surface area contributed by atoms with Gasteiger partial charge in [-0.15, -0.1) is 0 Å². The number of aromatic nitrogens is 1. The molecule has 0 spiro atoms. The predicted octanol–water partition coefficient (Wildman–Crippen LogP) is 2.50. The molecule has 1 amide bonds. The number of rotatable bonds is 3. The van der Waals surface area contributed by atoms with E-state index in [1.807, 2.05) is 19.1 Å². The lowest BCUT2D eigenvalue weighted by Gasteiger charge is -2.04. The second kappa shape index (κ2) is 5.73. The fourth-order valence-corrected chi connectivity index (χ4v) is 3.64. The van der Waals surface area contributed by atoms with Crippen LogP contribution >= 0.6 is 11.3 Å². The van der Waals surface area contributed by atoms with E-state index >= 15 is 0 Å². The molecule has 2 aromatic carbocycles. The van der Waals surface area contributed by atoms with E-state index in [0.29, 0.717) is 20.9 Å². The molecule has 0 saturated heterocycles. The number of primary sulfonamides is 1. The summed E-state index contributed by atoms with van der Waals surface area (Å²) in [6.45, 7) is 1.85. The molecule has 3 aromatic rings. The number of fused-ring (bicyclic) bond motifs is 1. The first-order valence-electron chi connectivity index (χ1n) is 6.65. The van der Waals surface area contributed by atoms with Gasteiger partial charge in [0, 0.05) is 5.56 Å². The van der Waals surface area contributed by atoms with Crippen LogP contribution in [0.4, 0.5) is 5.13 Å². The van der Waals surface area contributed by atoms with Crippen molar-refractivity contribution in [2.45, 2.75) is 11.8 Å². The van der Waals surface area contributed by atoms with E-state index in [9.17, 15) is 13.2 Å². The van der Waals surface area contributed by atoms with Crippen LogP contribution in [0.3, 0.4) is 0 Å². The molecule has 118 valence electrons. The Morgan fingerprint density at radius 2 is 1.96 bits per heavy atom. The van der Waals surface area contributed by atoms with Gasteiger partial charge in [0.05, 0.1) is 15.1 Å². The second-order valence-corrected chi connectivity index (χ2v) is 7.55. The van der Waals surface area contributed by atoms with Crippen molar-refractivity contribution in [2.75, 3.05) is 5.32 Å². The lowest BCUT2D eigenvalue weighted by molar-refractivity contribution is 0.102. The Hall–Kier alpha value is -2.29. The quantitative estimate of drug-likeness (QED) is 0.760. The summed E-state index contributed by atoms with van der Waals surface area (Å²) < 4.78 is 23.4. The van der Waals surface area contributed by atoms with Gasteiger partial charge in [-0.1, -0.05) is 29.5 Å². The number of hydrogen-bond donors (Lipinski definition) is 2. The van der Waals surface area contributed by atoms with Crippen LogP contribution in [-0.2, 0) is 10.0 Å². The van der Waals surface area contributed by atoms with Crippen LogP contribution in [0.15, 0.2) is 47.4 Å². The summed E-state index contributed by atoms with van der Waals surface area (Å²) >= 11 is 1.19. The molecule has 0 aliphatic heterocycles. The number of amides is 1. The van der Waals surface area contributed by atoms with Gasteiger partial charge in [0.2, 0.25) is 10.0 Å². The van der Waals surface area contributed by atoms with E-state index in [4.69, 9.17) is 5.14 Å². The van der Waals surface area contributed by atoms with Crippen LogP contribution < -0.4 is 10.5 Å². The number of nitrogens with one attached hydrogen (secondary N) is 1. The summed E-state index contributed by atoms with van der Waals surface area (Å²) in [5.74, 6) is -0.256. The number of carbonyl (C=O) groups is 1. The second-order valence-electron chi connectivity index (χ2n) is 4.96. The summed E-state index contributed by atoms with van der Waals surface area (Å²) in [5, 5.41) is 8.25. The standard InChI is InChI=1S/C15H13N3O3S2/c1-9-4-2-3-5-11(9)14(19)18-15-17-12-7-6-10(23(16,20)21)8-13(12)22-15/h2-8H,1H3,(H2,16,20,21)(H,17,18,19). The Bertz CT molecular complexity index is 1010. The van der Waals surface area contributed by atoms with Crippen LogP contribution in [0.5, 0.6) is 0 Å². The van der Waals surface area contributed by atoms with E-state index in [2.05, 4.69) is 10.3 Å². The topological polar surface area (TPSA) is 102 Å². The molecule has 0 bridgehead atoms. The van der Waals surface area contributed by atoms with Crippen molar-refractivity contribution in [3.05, 3.63) is 53.6 Å². The highest BCUT2D eigenvalue weighted by Crippen LogP contribution is 2.28. The normalized spacial score (nSPS) is 11.6. The Kier molecular flexibility index (Phi) is 3.88. The van der Waals surface area contributed by atoms with Crippen molar-refractivity contribution in [1.82, 2.24) is 4.98 Å². The van der Waals surface area contributed by atoms with Gasteiger partial charge in [-0.25, -0.2) is 18.5 Å². The lowest BCUT2D eigenvalue weighted by atomic mass is 10.1. The van der Waals surface area contributed by atoms with E-state index in [1.165, 1.54) is 23.5 Å². The molecule has 1 heterocycles. The summed E-state index contributed by atoms with van der Waals surface area (Å²) in [6.07, 6.45) is 0. The third-order valence-electron chi connectivity index (χ3n) is 3.30. The molecule has 3 N–H and O–H groups in total. The lowest BCUT2D eigenvalue weighted by Crippen LogP contribution is -2.12. The molecular formula is C15H13N3O3S2. The molecule has 23 heavy (non-hydrogen) atoms. The van der Waals surface area contributed by atoms with Crippen LogP contribution in [-0.4, -0.2) is 19.3 Å². The van der Waals surface area contributed by atoms with Gasteiger partial charge in [0.25, 0.3) is 5.91 Å². The first-order chi connectivity index (χ1) is 10.8. The Balaban J connectivity index is 1.92. The van der Waals surface area contributed by atoms with E-state index < -0.39 is 10.0 Å². The van der Waals surface area contributed by atoms with Crippen molar-refractivity contribution in [3.8, 4) is 0 Å². The fourth-order valence-electron chi connectivity index (χ4n) is 2.13. The van der Waals surface area contributed by atoms with Crippen molar-refractivity contribution >= 4 is 42.6 Å². The SMILES string of the molecule is Cc1ccccc1C(=O)Nc1nc2ccc(S(N)(=O)=O)cc2s1. The first-order valence-corrected chi connectivity index (χ1v) is 9.01. The highest BCUT2D eigenvalue weighted by atomic mass is 32.2. The number of benzene rings is 2. The molecule has 0 unspecified atom stereocenters. The predicted molar refractivity (Wildman–Crippen MR) is 90.1 cm³/mol. The van der Waals surface area contributed by atoms with E-state index in [0.717, 1.165) is 5.56 Å². The van der Waals surface area contributed by atoms with Gasteiger partial charge in [-0.3, -0.25) is 10.1 Å². The molecule has 3 rings (SSSR count). The van der Waals surface area contributed by atoms with E-state index in [-0.39, 0.29) is 10.8 Å². The number of hydrogen-bond acceptors (Lipinski definition) is 5. The van der Waals surface area contributed by atoms with Crippen LogP contribution in [0.1, 0.15) is 15.9 Å². The summed E-state index contributed by atoms with van der Waals surface area (Å²) in [5.41, 5.74) is 2.03. The zero-order valence-electron chi connectivity index (χ0n) is 12.1. The molecule has 8 heteroatoms. The molecular weight excluding hydrogens is 334 g/mol. The molecule has 0 aliphatic carbocycles. The zero-order chi connectivity index (χ0) is 16.6. The first kappa shape index (κ1) is 15.6. The molecule has 0 radical (unpaired) electrons. The molecule has 0 saturated carbocycles. The maximum absolute atomic E-state index is 12.3. The Labute approximate surface area is 137 Å². The van der Waals surface area contributed by atoms with Crippen molar-refractivity contribution in [2.24, 2.45) is 5.14 Å². The minimum absolute atomic E-state index is 0.0189. The van der Waals surface area contributed by atoms with Gasteiger partial charge in [0.1, 0.15) is 0 Å². The average Bonchev–Trinajstić information content (AvgIpc) is 2.87. The minimum Gasteiger partial charge on any atom is -0.298 e. The van der Waals surface area contributed by atoms with Crippen molar-refractivity contribution in [1.29, 1.82) is 0 Å². The smallest absolute Gasteiger partial charge is 0.257 e. The summed E-state index contributed by atoms with van der Waals surface area (Å²) in [4.78, 5) is 16.6. The van der Waals surface area contributed by atoms with Crippen molar-refractivity contribution in [3.63, 3.8) is 0 Å². The monoisotopic (exact) mass is 347 g/mol. The van der Waals surface area contributed by atoms with Gasteiger partial charge < -0.3 is 0 Å². The molecule has 0 fully saturated rings. The highest BCUT2D eigenvalue weighted by Gasteiger charge is 2.14. The fraction of sp³-hybridized carbons (Fsp3) is 0.0667. The number of anilines is 1. The summed E-state index contributed by atoms with van der Waals surface area (Å²) in [6, 6.07) is 11.6. The molecule has 0 aliphatic rings. The summed E-state index contributed by atoms with van der Waals surface area (Å²) in [7, 11) is -3.77. The third kappa shape index (κ3) is 3.24. The van der Waals surface area contributed by atoms with Gasteiger partial charge >= 0.3 is 0 Å². The Morgan fingerprint density at radius 3 is 2.65 bits per heavy atom. The maximum Gasteiger partial charge on any atom is 0.257 e. The largest absolute Gasteiger partial charge is 0.298 e. The molecule has 0 atom stereocenters. The number of thiazole rings is 1. The number of nitrogens with two attached hydrogens (primary N) is 1. The zero-order valence-corrected chi connectivity index (χ0v) is 13.7. The highest BCUT2D eigenvalue weighted by molar-refractivity contribution is 7.89. The van der Waals surface area contributed by atoms with Crippen LogP contribution in [0, 0.1) is 6.92 Å². The van der Waals surface area contributed by atoms with Gasteiger partial charge in [0.15, 0.2) is 5.13 Å². The van der Waals surface area contributed by atoms with Crippen molar-refractivity contribution < 1.29 is 13.2 Å². The minimum atomic E-state index is -3.77. The third-order valence-corrected chi connectivity index (χ3v) is 5.14. The number of carbonyl (C=O) groups excluding carboxylic acids is 1. The average molecular weight is 347 g/mol. The maximum atomic E-state index is 12.3. The molecule has 1 aromatic heterocycles. The number of sulfonamides is 1. The molecule has 6 nitrogen and oxygen atoms in total. The number of aryl methyl sites for hydroxylation is 1. The number of nitrogens with zero attached hydrogens (tertiary/aromatic N) is 1. The van der Waals surface area contributed by atoms with Gasteiger partial charge in [-0.05, 0) is 36.8 Å². The van der Waals surface area contributed by atoms with Gasteiger partial charge in [-0.2, -0.15) is 0 Å². The van der Waals surface area contributed by atoms with E-state index in [1.54, 1.807) is 18.2 Å². The van der Waals surface area contributed by atoms with Crippen LogP contribution in [0.25, 0.3) is 10.2 Å².